The molecule has 0 aliphatic rings. The maximum atomic E-state index is 9.37. The standard InChI is InChI=1S/C7H8Cl2N2O/c1-11-6-5(10)3(8)2-4(9)7(6)12/h2,11-12H,10H2,1H3. The minimum absolute atomic E-state index is 0.0823. The fraction of sp³-hybridized carbons (Fsp3) is 0.143. The van der Waals surface area contributed by atoms with Crippen molar-refractivity contribution in [1.29, 1.82) is 0 Å². The first-order chi connectivity index (χ1) is 5.57. The fourth-order valence-electron chi connectivity index (χ4n) is 0.877. The molecular formula is C7H8Cl2N2O. The Balaban J connectivity index is 3.42. The normalized spacial score (nSPS) is 9.92. The summed E-state index contributed by atoms with van der Waals surface area (Å²) in [6.07, 6.45) is 0. The summed E-state index contributed by atoms with van der Waals surface area (Å²) in [4.78, 5) is 0. The Bertz CT molecular complexity index is 289. The first kappa shape index (κ1) is 9.29. The lowest BCUT2D eigenvalue weighted by atomic mass is 10.2. The van der Waals surface area contributed by atoms with Crippen LogP contribution in [0.5, 0.6) is 5.75 Å². The second kappa shape index (κ2) is 3.29. The molecule has 0 atom stereocenters. The van der Waals surface area contributed by atoms with Crippen molar-refractivity contribution in [3.8, 4) is 5.75 Å². The van der Waals surface area contributed by atoms with E-state index in [4.69, 9.17) is 28.9 Å². The number of halogens is 2. The molecule has 0 heterocycles. The minimum Gasteiger partial charge on any atom is -0.504 e. The summed E-state index contributed by atoms with van der Waals surface area (Å²) in [5.41, 5.74) is 6.20. The number of hydrogen-bond donors (Lipinski definition) is 3. The predicted molar refractivity (Wildman–Crippen MR) is 52.1 cm³/mol. The topological polar surface area (TPSA) is 58.3 Å². The number of nitrogens with one attached hydrogen (secondary N) is 1. The van der Waals surface area contributed by atoms with Crippen LogP contribution >= 0.6 is 23.2 Å². The number of phenols is 1. The average Bonchev–Trinajstić information content (AvgIpc) is 2.02. The molecule has 1 aromatic rings. The van der Waals surface area contributed by atoms with Gasteiger partial charge in [-0.25, -0.2) is 0 Å². The minimum atomic E-state index is -0.0823. The SMILES string of the molecule is CNc1c(N)c(Cl)cc(Cl)c1O. The van der Waals surface area contributed by atoms with Crippen LogP contribution in [0, 0.1) is 0 Å². The second-order valence-electron chi connectivity index (χ2n) is 2.23. The third kappa shape index (κ3) is 1.38. The molecule has 0 bridgehead atoms. The Hall–Kier alpha value is -0.800. The van der Waals surface area contributed by atoms with Crippen LogP contribution in [0.2, 0.25) is 10.0 Å². The summed E-state index contributed by atoms with van der Waals surface area (Å²) in [6, 6.07) is 1.40. The molecule has 5 heteroatoms. The molecule has 0 fully saturated rings. The van der Waals surface area contributed by atoms with Crippen LogP contribution in [0.15, 0.2) is 6.07 Å². The van der Waals surface area contributed by atoms with E-state index in [9.17, 15) is 5.11 Å². The van der Waals surface area contributed by atoms with Crippen LogP contribution in [0.1, 0.15) is 0 Å². The summed E-state index contributed by atoms with van der Waals surface area (Å²) < 4.78 is 0. The van der Waals surface area contributed by atoms with Gasteiger partial charge in [-0.2, -0.15) is 0 Å². The van der Waals surface area contributed by atoms with Crippen LogP contribution in [0.25, 0.3) is 0 Å². The van der Waals surface area contributed by atoms with Crippen molar-refractivity contribution in [3.05, 3.63) is 16.1 Å². The van der Waals surface area contributed by atoms with Gasteiger partial charge in [-0.15, -0.1) is 0 Å². The van der Waals surface area contributed by atoms with E-state index in [-0.39, 0.29) is 10.8 Å². The number of nitrogens with two attached hydrogens (primary N) is 1. The van der Waals surface area contributed by atoms with Gasteiger partial charge in [0.05, 0.1) is 15.7 Å². The molecule has 4 N–H and O–H groups in total. The van der Waals surface area contributed by atoms with Gasteiger partial charge in [0.1, 0.15) is 5.69 Å². The number of benzene rings is 1. The Labute approximate surface area is 80.1 Å². The van der Waals surface area contributed by atoms with E-state index >= 15 is 0 Å². The molecule has 0 aliphatic carbocycles. The largest absolute Gasteiger partial charge is 0.504 e. The highest BCUT2D eigenvalue weighted by atomic mass is 35.5. The van der Waals surface area contributed by atoms with Crippen LogP contribution in [-0.4, -0.2) is 12.2 Å². The maximum absolute atomic E-state index is 9.37. The van der Waals surface area contributed by atoms with Crippen molar-refractivity contribution in [2.24, 2.45) is 0 Å². The zero-order valence-electron chi connectivity index (χ0n) is 6.36. The van der Waals surface area contributed by atoms with Crippen molar-refractivity contribution in [2.45, 2.75) is 0 Å². The first-order valence-corrected chi connectivity index (χ1v) is 3.97. The molecule has 0 spiro atoms. The third-order valence-corrected chi connectivity index (χ3v) is 2.09. The Kier molecular flexibility index (Phi) is 2.55. The number of nitrogen functional groups attached to an aromatic ring is 1. The van der Waals surface area contributed by atoms with Gasteiger partial charge in [0.25, 0.3) is 0 Å². The molecule has 66 valence electrons. The van der Waals surface area contributed by atoms with E-state index < -0.39 is 0 Å². The van der Waals surface area contributed by atoms with Gasteiger partial charge >= 0.3 is 0 Å². The smallest absolute Gasteiger partial charge is 0.159 e. The number of rotatable bonds is 1. The van der Waals surface area contributed by atoms with Crippen molar-refractivity contribution in [2.75, 3.05) is 18.1 Å². The molecule has 0 amide bonds. The van der Waals surface area contributed by atoms with E-state index in [1.165, 1.54) is 6.07 Å². The van der Waals surface area contributed by atoms with E-state index in [0.717, 1.165) is 0 Å². The zero-order valence-corrected chi connectivity index (χ0v) is 7.87. The van der Waals surface area contributed by atoms with Crippen LogP contribution in [0.3, 0.4) is 0 Å². The molecule has 0 aromatic heterocycles. The molecule has 0 saturated carbocycles. The van der Waals surface area contributed by atoms with Gasteiger partial charge in [0.15, 0.2) is 5.75 Å². The van der Waals surface area contributed by atoms with E-state index in [1.807, 2.05) is 0 Å². The summed E-state index contributed by atoms with van der Waals surface area (Å²) in [7, 11) is 1.62. The summed E-state index contributed by atoms with van der Waals surface area (Å²) >= 11 is 11.3. The number of hydrogen-bond acceptors (Lipinski definition) is 3. The fourth-order valence-corrected chi connectivity index (χ4v) is 1.34. The molecule has 0 aliphatic heterocycles. The Morgan fingerprint density at radius 1 is 1.42 bits per heavy atom. The lowest BCUT2D eigenvalue weighted by molar-refractivity contribution is 0.478. The van der Waals surface area contributed by atoms with Crippen LogP contribution < -0.4 is 11.1 Å². The lowest BCUT2D eigenvalue weighted by Gasteiger charge is -2.09. The van der Waals surface area contributed by atoms with Crippen LogP contribution in [0.4, 0.5) is 11.4 Å². The average molecular weight is 207 g/mol. The quantitative estimate of drug-likeness (QED) is 0.489. The number of anilines is 2. The molecule has 3 nitrogen and oxygen atoms in total. The van der Waals surface area contributed by atoms with Gasteiger partial charge in [0, 0.05) is 7.05 Å². The predicted octanol–water partition coefficient (Wildman–Crippen LogP) is 2.32. The highest BCUT2D eigenvalue weighted by Gasteiger charge is 2.11. The monoisotopic (exact) mass is 206 g/mol. The summed E-state index contributed by atoms with van der Waals surface area (Å²) in [5, 5.41) is 12.6. The number of aromatic hydroxyl groups is 1. The molecule has 12 heavy (non-hydrogen) atoms. The van der Waals surface area contributed by atoms with Crippen LogP contribution in [-0.2, 0) is 0 Å². The molecule has 0 saturated heterocycles. The second-order valence-corrected chi connectivity index (χ2v) is 3.04. The third-order valence-electron chi connectivity index (χ3n) is 1.49. The highest BCUT2D eigenvalue weighted by molar-refractivity contribution is 6.38. The van der Waals surface area contributed by atoms with Gasteiger partial charge in [-0.3, -0.25) is 0 Å². The van der Waals surface area contributed by atoms with Gasteiger partial charge in [-0.1, -0.05) is 23.2 Å². The van der Waals surface area contributed by atoms with E-state index in [1.54, 1.807) is 7.05 Å². The summed E-state index contributed by atoms with van der Waals surface area (Å²) in [6.45, 7) is 0. The first-order valence-electron chi connectivity index (χ1n) is 3.22. The number of phenolic OH excluding ortho intramolecular Hbond substituents is 1. The van der Waals surface area contributed by atoms with Crippen molar-refractivity contribution < 1.29 is 5.11 Å². The molecule has 1 aromatic carbocycles. The maximum Gasteiger partial charge on any atom is 0.159 e. The van der Waals surface area contributed by atoms with Crippen molar-refractivity contribution >= 4 is 34.6 Å². The van der Waals surface area contributed by atoms with Gasteiger partial charge < -0.3 is 16.2 Å². The van der Waals surface area contributed by atoms with E-state index in [0.29, 0.717) is 16.4 Å². The summed E-state index contributed by atoms with van der Waals surface area (Å²) in [5.74, 6) is -0.0823. The highest BCUT2D eigenvalue weighted by Crippen LogP contribution is 2.40. The van der Waals surface area contributed by atoms with Gasteiger partial charge in [0.2, 0.25) is 0 Å². The van der Waals surface area contributed by atoms with Gasteiger partial charge in [-0.05, 0) is 6.07 Å². The molecule has 1 rings (SSSR count). The van der Waals surface area contributed by atoms with E-state index in [2.05, 4.69) is 5.32 Å². The molecular weight excluding hydrogens is 199 g/mol. The van der Waals surface area contributed by atoms with Crippen molar-refractivity contribution in [3.63, 3.8) is 0 Å². The zero-order chi connectivity index (χ0) is 9.30. The van der Waals surface area contributed by atoms with Crippen molar-refractivity contribution in [1.82, 2.24) is 0 Å². The molecule has 0 unspecified atom stereocenters. The Morgan fingerprint density at radius 3 is 2.50 bits per heavy atom. The molecule has 0 radical (unpaired) electrons. The lowest BCUT2D eigenvalue weighted by Crippen LogP contribution is -1.97. The Morgan fingerprint density at radius 2 is 2.00 bits per heavy atom.